The van der Waals surface area contributed by atoms with Crippen LogP contribution in [0, 0.1) is 17.2 Å². The summed E-state index contributed by atoms with van der Waals surface area (Å²) in [5.74, 6) is 0.949. The van der Waals surface area contributed by atoms with Gasteiger partial charge in [-0.1, -0.05) is 19.3 Å². The number of nitriles is 1. The van der Waals surface area contributed by atoms with Crippen LogP contribution in [-0.4, -0.2) is 24.8 Å². The first-order valence-electron chi connectivity index (χ1n) is 7.98. The van der Waals surface area contributed by atoms with Gasteiger partial charge in [-0.15, -0.1) is 0 Å². The predicted molar refractivity (Wildman–Crippen MR) is 76.8 cm³/mol. The highest BCUT2D eigenvalue weighted by atomic mass is 16.5. The molecule has 0 heterocycles. The van der Waals surface area contributed by atoms with Crippen molar-refractivity contribution in [3.05, 3.63) is 0 Å². The molecule has 0 bridgehead atoms. The molecular weight excluding hydrogens is 236 g/mol. The van der Waals surface area contributed by atoms with Crippen LogP contribution in [0.15, 0.2) is 0 Å². The average molecular weight is 264 g/mol. The summed E-state index contributed by atoms with van der Waals surface area (Å²) in [5.41, 5.74) is -0.326. The number of ether oxygens (including phenoxy) is 1. The fourth-order valence-electron chi connectivity index (χ4n) is 2.65. The summed E-state index contributed by atoms with van der Waals surface area (Å²) in [6.45, 7) is 3.82. The van der Waals surface area contributed by atoms with Gasteiger partial charge in [0.2, 0.25) is 0 Å². The Labute approximate surface area is 117 Å². The van der Waals surface area contributed by atoms with Crippen LogP contribution in [0.5, 0.6) is 0 Å². The minimum absolute atomic E-state index is 0.326. The lowest BCUT2D eigenvalue weighted by Crippen LogP contribution is -2.42. The molecule has 1 N–H and O–H groups in total. The molecule has 3 nitrogen and oxygen atoms in total. The Morgan fingerprint density at radius 2 is 2.00 bits per heavy atom. The van der Waals surface area contributed by atoms with E-state index in [4.69, 9.17) is 4.74 Å². The van der Waals surface area contributed by atoms with Crippen LogP contribution in [0.2, 0.25) is 0 Å². The Bertz CT molecular complexity index is 304. The van der Waals surface area contributed by atoms with Gasteiger partial charge in [0.15, 0.2) is 0 Å². The van der Waals surface area contributed by atoms with Crippen molar-refractivity contribution in [2.24, 2.45) is 5.92 Å². The molecule has 3 heteroatoms. The molecule has 0 spiro atoms. The standard InChI is InChI=1S/C16H28N2O/c1-16(13-17,18-15-7-8-15)10-2-3-11-19-12-9-14-5-4-6-14/h14-15,18H,2-12H2,1H3. The van der Waals surface area contributed by atoms with E-state index in [1.54, 1.807) is 0 Å². The first-order valence-corrected chi connectivity index (χ1v) is 7.98. The van der Waals surface area contributed by atoms with Crippen molar-refractivity contribution in [1.82, 2.24) is 5.32 Å². The molecule has 0 saturated heterocycles. The zero-order valence-electron chi connectivity index (χ0n) is 12.3. The maximum Gasteiger partial charge on any atom is 0.104 e. The van der Waals surface area contributed by atoms with E-state index in [1.807, 2.05) is 6.92 Å². The van der Waals surface area contributed by atoms with Crippen LogP contribution in [0.25, 0.3) is 0 Å². The lowest BCUT2D eigenvalue weighted by atomic mass is 9.83. The van der Waals surface area contributed by atoms with Crippen LogP contribution in [0.4, 0.5) is 0 Å². The minimum Gasteiger partial charge on any atom is -0.381 e. The monoisotopic (exact) mass is 264 g/mol. The maximum atomic E-state index is 9.25. The van der Waals surface area contributed by atoms with Crippen molar-refractivity contribution >= 4 is 0 Å². The van der Waals surface area contributed by atoms with Gasteiger partial charge in [-0.25, -0.2) is 0 Å². The molecule has 1 unspecified atom stereocenters. The van der Waals surface area contributed by atoms with Crippen molar-refractivity contribution in [3.63, 3.8) is 0 Å². The zero-order chi connectivity index (χ0) is 13.6. The highest BCUT2D eigenvalue weighted by molar-refractivity contribution is 5.06. The summed E-state index contributed by atoms with van der Waals surface area (Å²) in [6, 6.07) is 3.03. The quantitative estimate of drug-likeness (QED) is 0.615. The number of nitrogens with one attached hydrogen (secondary N) is 1. The molecule has 0 aliphatic heterocycles. The number of unbranched alkanes of at least 4 members (excludes halogenated alkanes) is 1. The molecular formula is C16H28N2O. The van der Waals surface area contributed by atoms with E-state index < -0.39 is 0 Å². The molecule has 19 heavy (non-hydrogen) atoms. The maximum absolute atomic E-state index is 9.25. The Kier molecular flexibility index (Phi) is 5.66. The van der Waals surface area contributed by atoms with Gasteiger partial charge < -0.3 is 4.74 Å². The van der Waals surface area contributed by atoms with E-state index in [2.05, 4.69) is 11.4 Å². The van der Waals surface area contributed by atoms with Crippen LogP contribution in [0.3, 0.4) is 0 Å². The second kappa shape index (κ2) is 7.26. The first-order chi connectivity index (χ1) is 9.22. The molecule has 0 aromatic heterocycles. The molecule has 2 fully saturated rings. The van der Waals surface area contributed by atoms with Gasteiger partial charge in [0.05, 0.1) is 6.07 Å². The fourth-order valence-corrected chi connectivity index (χ4v) is 2.65. The molecule has 2 rings (SSSR count). The lowest BCUT2D eigenvalue weighted by molar-refractivity contribution is 0.102. The summed E-state index contributed by atoms with van der Waals surface area (Å²) >= 11 is 0. The third-order valence-corrected chi connectivity index (χ3v) is 4.46. The van der Waals surface area contributed by atoms with Crippen molar-refractivity contribution in [2.75, 3.05) is 13.2 Å². The van der Waals surface area contributed by atoms with Crippen LogP contribution >= 0.6 is 0 Å². The van der Waals surface area contributed by atoms with Gasteiger partial charge in [-0.2, -0.15) is 5.26 Å². The third-order valence-electron chi connectivity index (χ3n) is 4.46. The van der Waals surface area contributed by atoms with Gasteiger partial charge in [-0.3, -0.25) is 5.32 Å². The van der Waals surface area contributed by atoms with E-state index in [-0.39, 0.29) is 5.54 Å². The van der Waals surface area contributed by atoms with Crippen LogP contribution in [-0.2, 0) is 4.74 Å². The third kappa shape index (κ3) is 5.50. The van der Waals surface area contributed by atoms with Crippen LogP contribution in [0.1, 0.15) is 64.7 Å². The lowest BCUT2D eigenvalue weighted by Gasteiger charge is -2.25. The molecule has 2 aliphatic rings. The Balaban J connectivity index is 1.44. The van der Waals surface area contributed by atoms with Crippen LogP contribution < -0.4 is 5.32 Å². The summed E-state index contributed by atoms with van der Waals surface area (Å²) in [6.07, 6.45) is 11.1. The summed E-state index contributed by atoms with van der Waals surface area (Å²) in [5, 5.41) is 12.7. The number of hydrogen-bond acceptors (Lipinski definition) is 3. The highest BCUT2D eigenvalue weighted by Crippen LogP contribution is 2.29. The molecule has 2 saturated carbocycles. The second-order valence-electron chi connectivity index (χ2n) is 6.52. The van der Waals surface area contributed by atoms with Crippen molar-refractivity contribution in [1.29, 1.82) is 5.26 Å². The fraction of sp³-hybridized carbons (Fsp3) is 0.938. The average Bonchev–Trinajstić information content (AvgIpc) is 3.14. The van der Waals surface area contributed by atoms with Crippen molar-refractivity contribution in [2.45, 2.75) is 76.3 Å². The van der Waals surface area contributed by atoms with Crippen molar-refractivity contribution in [3.8, 4) is 6.07 Å². The first kappa shape index (κ1) is 14.8. The normalized spacial score (nSPS) is 22.5. The topological polar surface area (TPSA) is 45.0 Å². The van der Waals surface area contributed by atoms with Gasteiger partial charge in [0, 0.05) is 19.3 Å². The number of nitrogens with zero attached hydrogens (tertiary/aromatic N) is 1. The van der Waals surface area contributed by atoms with Gasteiger partial charge in [0.1, 0.15) is 5.54 Å². The zero-order valence-corrected chi connectivity index (χ0v) is 12.3. The molecule has 108 valence electrons. The van der Waals surface area contributed by atoms with E-state index >= 15 is 0 Å². The van der Waals surface area contributed by atoms with Gasteiger partial charge >= 0.3 is 0 Å². The van der Waals surface area contributed by atoms with Gasteiger partial charge in [0.25, 0.3) is 0 Å². The predicted octanol–water partition coefficient (Wildman–Crippen LogP) is 3.40. The second-order valence-corrected chi connectivity index (χ2v) is 6.52. The summed E-state index contributed by atoms with van der Waals surface area (Å²) < 4.78 is 5.68. The Morgan fingerprint density at radius 1 is 1.21 bits per heavy atom. The molecule has 2 aliphatic carbocycles. The summed E-state index contributed by atoms with van der Waals surface area (Å²) in [4.78, 5) is 0. The number of rotatable bonds is 10. The van der Waals surface area contributed by atoms with E-state index in [9.17, 15) is 5.26 Å². The molecule has 1 atom stereocenters. The minimum atomic E-state index is -0.326. The largest absolute Gasteiger partial charge is 0.381 e. The summed E-state index contributed by atoms with van der Waals surface area (Å²) in [7, 11) is 0. The molecule has 0 amide bonds. The van der Waals surface area contributed by atoms with E-state index in [0.29, 0.717) is 6.04 Å². The number of hydrogen-bond donors (Lipinski definition) is 1. The van der Waals surface area contributed by atoms with Gasteiger partial charge in [-0.05, 0) is 51.4 Å². The smallest absolute Gasteiger partial charge is 0.104 e. The molecule has 0 aromatic rings. The van der Waals surface area contributed by atoms with E-state index in [0.717, 1.165) is 38.4 Å². The SMILES string of the molecule is CC(C#N)(CCCCOCCC1CCC1)NC1CC1. The Hall–Kier alpha value is -0.590. The highest BCUT2D eigenvalue weighted by Gasteiger charge is 2.31. The molecule has 0 radical (unpaired) electrons. The molecule has 0 aromatic carbocycles. The Morgan fingerprint density at radius 3 is 2.58 bits per heavy atom. The van der Waals surface area contributed by atoms with Crippen molar-refractivity contribution < 1.29 is 4.74 Å². The van der Waals surface area contributed by atoms with E-state index in [1.165, 1.54) is 38.5 Å².